The second kappa shape index (κ2) is 6.99. The number of amidine groups is 1. The molecule has 0 atom stereocenters. The van der Waals surface area contributed by atoms with Gasteiger partial charge in [0.1, 0.15) is 11.6 Å². The van der Waals surface area contributed by atoms with Crippen LogP contribution in [0.1, 0.15) is 18.4 Å². The lowest BCUT2D eigenvalue weighted by atomic mass is 10.0. The average molecular weight is 264 g/mol. The number of hydrogen-bond acceptors (Lipinski definition) is 4. The van der Waals surface area contributed by atoms with Gasteiger partial charge in [-0.2, -0.15) is 0 Å². The third kappa shape index (κ3) is 4.44. The molecule has 0 saturated carbocycles. The molecule has 1 saturated heterocycles. The molecule has 0 radical (unpaired) electrons. The zero-order valence-corrected chi connectivity index (χ0v) is 10.9. The summed E-state index contributed by atoms with van der Waals surface area (Å²) in [6.07, 6.45) is 2.58. The van der Waals surface area contributed by atoms with Crippen molar-refractivity contribution in [2.75, 3.05) is 19.8 Å². The summed E-state index contributed by atoms with van der Waals surface area (Å²) in [6, 6.07) is 7.69. The van der Waals surface area contributed by atoms with Crippen molar-refractivity contribution >= 4 is 5.84 Å². The molecular formula is C14H20N2O3. The summed E-state index contributed by atoms with van der Waals surface area (Å²) >= 11 is 0. The molecule has 0 unspecified atom stereocenters. The highest BCUT2D eigenvalue weighted by atomic mass is 16.5. The molecule has 0 amide bonds. The number of hydrogen-bond donors (Lipinski definition) is 2. The Morgan fingerprint density at radius 3 is 2.63 bits per heavy atom. The lowest BCUT2D eigenvalue weighted by Crippen LogP contribution is -2.21. The molecule has 104 valence electrons. The minimum absolute atomic E-state index is 0.205. The Morgan fingerprint density at radius 1 is 1.32 bits per heavy atom. The third-order valence-corrected chi connectivity index (χ3v) is 3.26. The van der Waals surface area contributed by atoms with Gasteiger partial charge in [0.2, 0.25) is 0 Å². The standard InChI is InChI=1S/C14H20N2O3/c15-14(16-17)9-11-1-3-13(4-2-11)19-10-12-5-7-18-8-6-12/h1-4,12,17H,5-10H2,(H2,15,16). The molecule has 1 aromatic rings. The van der Waals surface area contributed by atoms with Crippen LogP contribution in [0.25, 0.3) is 0 Å². The maximum absolute atomic E-state index is 8.51. The fourth-order valence-corrected chi connectivity index (χ4v) is 2.08. The average Bonchev–Trinajstić information content (AvgIpc) is 2.47. The molecule has 19 heavy (non-hydrogen) atoms. The lowest BCUT2D eigenvalue weighted by molar-refractivity contribution is 0.0497. The monoisotopic (exact) mass is 264 g/mol. The van der Waals surface area contributed by atoms with Crippen LogP contribution in [0.15, 0.2) is 29.4 Å². The molecule has 2 rings (SSSR count). The van der Waals surface area contributed by atoms with Crippen molar-refractivity contribution in [2.45, 2.75) is 19.3 Å². The van der Waals surface area contributed by atoms with Gasteiger partial charge < -0.3 is 20.4 Å². The van der Waals surface area contributed by atoms with E-state index in [0.29, 0.717) is 12.3 Å². The van der Waals surface area contributed by atoms with Crippen molar-refractivity contribution in [3.63, 3.8) is 0 Å². The van der Waals surface area contributed by atoms with Crippen molar-refractivity contribution in [2.24, 2.45) is 16.8 Å². The molecule has 0 spiro atoms. The van der Waals surface area contributed by atoms with E-state index in [9.17, 15) is 0 Å². The highest BCUT2D eigenvalue weighted by molar-refractivity contribution is 5.82. The Balaban J connectivity index is 1.81. The van der Waals surface area contributed by atoms with Gasteiger partial charge in [-0.05, 0) is 36.5 Å². The van der Waals surface area contributed by atoms with Gasteiger partial charge in [0.25, 0.3) is 0 Å². The van der Waals surface area contributed by atoms with E-state index in [1.165, 1.54) is 0 Å². The van der Waals surface area contributed by atoms with Gasteiger partial charge in [0, 0.05) is 19.6 Å². The van der Waals surface area contributed by atoms with Crippen molar-refractivity contribution in [3.05, 3.63) is 29.8 Å². The first-order chi connectivity index (χ1) is 9.28. The number of oxime groups is 1. The fraction of sp³-hybridized carbons (Fsp3) is 0.500. The molecule has 1 aliphatic rings. The quantitative estimate of drug-likeness (QED) is 0.368. The van der Waals surface area contributed by atoms with E-state index in [-0.39, 0.29) is 5.84 Å². The minimum atomic E-state index is 0.205. The zero-order chi connectivity index (χ0) is 13.5. The second-order valence-corrected chi connectivity index (χ2v) is 4.78. The number of ether oxygens (including phenoxy) is 2. The number of benzene rings is 1. The molecule has 1 fully saturated rings. The van der Waals surface area contributed by atoms with Gasteiger partial charge in [-0.1, -0.05) is 17.3 Å². The highest BCUT2D eigenvalue weighted by Gasteiger charge is 2.14. The third-order valence-electron chi connectivity index (χ3n) is 3.26. The number of nitrogens with two attached hydrogens (primary N) is 1. The van der Waals surface area contributed by atoms with Gasteiger partial charge in [0.15, 0.2) is 0 Å². The van der Waals surface area contributed by atoms with Crippen LogP contribution in [0.2, 0.25) is 0 Å². The topological polar surface area (TPSA) is 77.1 Å². The maximum atomic E-state index is 8.51. The molecular weight excluding hydrogens is 244 g/mol. The summed E-state index contributed by atoms with van der Waals surface area (Å²) < 4.78 is 11.1. The second-order valence-electron chi connectivity index (χ2n) is 4.78. The molecule has 0 aromatic heterocycles. The van der Waals surface area contributed by atoms with E-state index in [2.05, 4.69) is 5.16 Å². The van der Waals surface area contributed by atoms with E-state index >= 15 is 0 Å². The summed E-state index contributed by atoms with van der Waals surface area (Å²) in [5.74, 6) is 1.65. The largest absolute Gasteiger partial charge is 0.493 e. The predicted molar refractivity (Wildman–Crippen MR) is 72.6 cm³/mol. The summed E-state index contributed by atoms with van der Waals surface area (Å²) in [7, 11) is 0. The normalized spacial score (nSPS) is 17.4. The summed E-state index contributed by atoms with van der Waals surface area (Å²) in [4.78, 5) is 0. The zero-order valence-electron chi connectivity index (χ0n) is 10.9. The smallest absolute Gasteiger partial charge is 0.143 e. The van der Waals surface area contributed by atoms with E-state index in [0.717, 1.165) is 44.0 Å². The van der Waals surface area contributed by atoms with Gasteiger partial charge in [0.05, 0.1) is 6.61 Å². The SMILES string of the molecule is NC(Cc1ccc(OCC2CCOCC2)cc1)=NO. The summed E-state index contributed by atoms with van der Waals surface area (Å²) in [6.45, 7) is 2.42. The lowest BCUT2D eigenvalue weighted by Gasteiger charge is -2.22. The van der Waals surface area contributed by atoms with Crippen LogP contribution in [0.3, 0.4) is 0 Å². The highest BCUT2D eigenvalue weighted by Crippen LogP contribution is 2.18. The van der Waals surface area contributed by atoms with Gasteiger partial charge >= 0.3 is 0 Å². The van der Waals surface area contributed by atoms with Crippen LogP contribution in [0.5, 0.6) is 5.75 Å². The van der Waals surface area contributed by atoms with Crippen LogP contribution in [-0.4, -0.2) is 30.9 Å². The van der Waals surface area contributed by atoms with Crippen LogP contribution in [0, 0.1) is 5.92 Å². The van der Waals surface area contributed by atoms with Crippen LogP contribution in [-0.2, 0) is 11.2 Å². The van der Waals surface area contributed by atoms with Crippen LogP contribution in [0.4, 0.5) is 0 Å². The van der Waals surface area contributed by atoms with Crippen molar-refractivity contribution < 1.29 is 14.7 Å². The van der Waals surface area contributed by atoms with Crippen molar-refractivity contribution in [1.29, 1.82) is 0 Å². The molecule has 3 N–H and O–H groups in total. The first-order valence-electron chi connectivity index (χ1n) is 6.54. The van der Waals surface area contributed by atoms with Crippen molar-refractivity contribution in [3.8, 4) is 5.75 Å². The van der Waals surface area contributed by atoms with E-state index in [4.69, 9.17) is 20.4 Å². The summed E-state index contributed by atoms with van der Waals surface area (Å²) in [5, 5.41) is 11.5. The summed E-state index contributed by atoms with van der Waals surface area (Å²) in [5.41, 5.74) is 6.45. The maximum Gasteiger partial charge on any atom is 0.143 e. The van der Waals surface area contributed by atoms with E-state index < -0.39 is 0 Å². The molecule has 0 aliphatic carbocycles. The van der Waals surface area contributed by atoms with Crippen molar-refractivity contribution in [1.82, 2.24) is 0 Å². The van der Waals surface area contributed by atoms with E-state index in [1.807, 2.05) is 24.3 Å². The van der Waals surface area contributed by atoms with Gasteiger partial charge in [-0.3, -0.25) is 0 Å². The molecule has 5 heteroatoms. The predicted octanol–water partition coefficient (Wildman–Crippen LogP) is 1.78. The molecule has 1 aromatic carbocycles. The van der Waals surface area contributed by atoms with Crippen LogP contribution >= 0.6 is 0 Å². The Bertz CT molecular complexity index is 411. The first-order valence-corrected chi connectivity index (χ1v) is 6.54. The Hall–Kier alpha value is -1.75. The Morgan fingerprint density at radius 2 is 2.00 bits per heavy atom. The minimum Gasteiger partial charge on any atom is -0.493 e. The van der Waals surface area contributed by atoms with E-state index in [1.54, 1.807) is 0 Å². The Kier molecular flexibility index (Phi) is 5.03. The molecule has 0 bridgehead atoms. The number of nitrogens with zero attached hydrogens (tertiary/aromatic N) is 1. The van der Waals surface area contributed by atoms with Gasteiger partial charge in [-0.15, -0.1) is 0 Å². The number of rotatable bonds is 5. The molecule has 5 nitrogen and oxygen atoms in total. The van der Waals surface area contributed by atoms with Crippen LogP contribution < -0.4 is 10.5 Å². The molecule has 1 heterocycles. The first kappa shape index (κ1) is 13.7. The molecule has 1 aliphatic heterocycles. The Labute approximate surface area is 113 Å². The fourth-order valence-electron chi connectivity index (χ4n) is 2.08. The van der Waals surface area contributed by atoms with Gasteiger partial charge in [-0.25, -0.2) is 0 Å².